The molecule has 0 aliphatic rings. The number of hydrogen-bond acceptors (Lipinski definition) is 4. The van der Waals surface area contributed by atoms with E-state index in [0.29, 0.717) is 0 Å². The summed E-state index contributed by atoms with van der Waals surface area (Å²) in [5.41, 5.74) is 5.48. The molecule has 0 aliphatic heterocycles. The maximum atomic E-state index is 13.4. The summed E-state index contributed by atoms with van der Waals surface area (Å²) in [6.45, 7) is 0. The molecular weight excluding hydrogens is 295 g/mol. The average molecular weight is 309 g/mol. The van der Waals surface area contributed by atoms with Crippen molar-refractivity contribution in [1.82, 2.24) is 0 Å². The van der Waals surface area contributed by atoms with Crippen molar-refractivity contribution in [2.45, 2.75) is 12.5 Å². The number of sulfone groups is 1. The fourth-order valence-corrected chi connectivity index (χ4v) is 2.13. The monoisotopic (exact) mass is 308 g/mol. The molecule has 106 valence electrons. The zero-order chi connectivity index (χ0) is 14.6. The first-order valence-electron chi connectivity index (χ1n) is 5.38. The topological polar surface area (TPSA) is 89.3 Å². The molecule has 1 rings (SSSR count). The normalized spacial score (nSPS) is 13.1. The standard InChI is InChI=1S/C11H14ClFN2O3S/c1-19(17,18)5-4-9(14)11(16)15-10-3-2-7(12)6-8(10)13/h2-3,6,9H,4-5,14H2,1H3,(H,15,16). The summed E-state index contributed by atoms with van der Waals surface area (Å²) in [6.07, 6.45) is 1.02. The van der Waals surface area contributed by atoms with Gasteiger partial charge in [-0.15, -0.1) is 0 Å². The lowest BCUT2D eigenvalue weighted by atomic mass is 10.2. The minimum absolute atomic E-state index is 0.0279. The Balaban J connectivity index is 2.64. The number of halogens is 2. The van der Waals surface area contributed by atoms with Gasteiger partial charge in [0.25, 0.3) is 0 Å². The maximum Gasteiger partial charge on any atom is 0.241 e. The van der Waals surface area contributed by atoms with Crippen LogP contribution in [0.5, 0.6) is 0 Å². The van der Waals surface area contributed by atoms with Gasteiger partial charge in [0, 0.05) is 11.3 Å². The number of benzene rings is 1. The molecule has 0 bridgehead atoms. The first-order valence-corrected chi connectivity index (χ1v) is 7.82. The van der Waals surface area contributed by atoms with Crippen LogP contribution in [0.1, 0.15) is 6.42 Å². The molecule has 1 unspecified atom stereocenters. The smallest absolute Gasteiger partial charge is 0.241 e. The van der Waals surface area contributed by atoms with Gasteiger partial charge in [0.2, 0.25) is 5.91 Å². The summed E-state index contributed by atoms with van der Waals surface area (Å²) < 4.78 is 35.3. The zero-order valence-electron chi connectivity index (χ0n) is 10.2. The Morgan fingerprint density at radius 3 is 2.68 bits per heavy atom. The molecular formula is C11H14ClFN2O3S. The van der Waals surface area contributed by atoms with Crippen molar-refractivity contribution in [2.24, 2.45) is 5.73 Å². The number of carbonyl (C=O) groups is 1. The summed E-state index contributed by atoms with van der Waals surface area (Å²) in [5, 5.41) is 2.49. The maximum absolute atomic E-state index is 13.4. The molecule has 0 radical (unpaired) electrons. The predicted octanol–water partition coefficient (Wildman–Crippen LogP) is 1.18. The summed E-state index contributed by atoms with van der Waals surface area (Å²) in [4.78, 5) is 11.6. The van der Waals surface area contributed by atoms with Crippen LogP contribution >= 0.6 is 11.6 Å². The average Bonchev–Trinajstić information content (AvgIpc) is 2.28. The number of carbonyl (C=O) groups excluding carboxylic acids is 1. The Kier molecular flexibility index (Phi) is 5.28. The quantitative estimate of drug-likeness (QED) is 0.855. The molecule has 1 aromatic rings. The van der Waals surface area contributed by atoms with Crippen molar-refractivity contribution in [2.75, 3.05) is 17.3 Å². The van der Waals surface area contributed by atoms with Gasteiger partial charge < -0.3 is 11.1 Å². The van der Waals surface area contributed by atoms with Crippen LogP contribution in [0.2, 0.25) is 5.02 Å². The molecule has 0 aliphatic carbocycles. The third-order valence-corrected chi connectivity index (χ3v) is 3.54. The third kappa shape index (κ3) is 5.54. The van der Waals surface area contributed by atoms with Gasteiger partial charge in [0.1, 0.15) is 15.7 Å². The summed E-state index contributed by atoms with van der Waals surface area (Å²) in [7, 11) is -3.19. The van der Waals surface area contributed by atoms with E-state index >= 15 is 0 Å². The van der Waals surface area contributed by atoms with Gasteiger partial charge in [0.05, 0.1) is 17.5 Å². The molecule has 3 N–H and O–H groups in total. The van der Waals surface area contributed by atoms with E-state index in [1.165, 1.54) is 12.1 Å². The Morgan fingerprint density at radius 1 is 1.53 bits per heavy atom. The minimum atomic E-state index is -3.19. The Bertz CT molecular complexity index is 577. The minimum Gasteiger partial charge on any atom is -0.322 e. The fourth-order valence-electron chi connectivity index (χ4n) is 1.29. The molecule has 0 fully saturated rings. The second-order valence-corrected chi connectivity index (χ2v) is 6.83. The first kappa shape index (κ1) is 15.9. The molecule has 0 spiro atoms. The number of hydrogen-bond donors (Lipinski definition) is 2. The van der Waals surface area contributed by atoms with E-state index in [2.05, 4.69) is 5.32 Å². The van der Waals surface area contributed by atoms with Crippen molar-refractivity contribution >= 4 is 33.0 Å². The molecule has 0 heterocycles. The van der Waals surface area contributed by atoms with E-state index in [9.17, 15) is 17.6 Å². The van der Waals surface area contributed by atoms with Gasteiger partial charge in [-0.05, 0) is 24.6 Å². The van der Waals surface area contributed by atoms with E-state index in [0.717, 1.165) is 12.3 Å². The van der Waals surface area contributed by atoms with Crippen LogP contribution in [0.15, 0.2) is 18.2 Å². The molecule has 1 amide bonds. The fraction of sp³-hybridized carbons (Fsp3) is 0.364. The van der Waals surface area contributed by atoms with Crippen LogP contribution in [0.4, 0.5) is 10.1 Å². The third-order valence-electron chi connectivity index (χ3n) is 2.33. The Morgan fingerprint density at radius 2 is 2.16 bits per heavy atom. The highest BCUT2D eigenvalue weighted by Gasteiger charge is 2.17. The molecule has 8 heteroatoms. The summed E-state index contributed by atoms with van der Waals surface area (Å²) in [5.74, 6) is -1.54. The van der Waals surface area contributed by atoms with Crippen LogP contribution in [0, 0.1) is 5.82 Å². The van der Waals surface area contributed by atoms with E-state index in [-0.39, 0.29) is 22.9 Å². The van der Waals surface area contributed by atoms with Crippen molar-refractivity contribution in [3.63, 3.8) is 0 Å². The number of amides is 1. The van der Waals surface area contributed by atoms with Crippen LogP contribution in [-0.2, 0) is 14.6 Å². The second kappa shape index (κ2) is 6.31. The molecule has 0 saturated carbocycles. The van der Waals surface area contributed by atoms with Crippen LogP contribution in [0.3, 0.4) is 0 Å². The highest BCUT2D eigenvalue weighted by molar-refractivity contribution is 7.90. The van der Waals surface area contributed by atoms with E-state index in [1.54, 1.807) is 0 Å². The molecule has 1 aromatic carbocycles. The number of nitrogens with two attached hydrogens (primary N) is 1. The highest BCUT2D eigenvalue weighted by Crippen LogP contribution is 2.19. The zero-order valence-corrected chi connectivity index (χ0v) is 11.8. The lowest BCUT2D eigenvalue weighted by molar-refractivity contribution is -0.117. The highest BCUT2D eigenvalue weighted by atomic mass is 35.5. The summed E-state index contributed by atoms with van der Waals surface area (Å²) >= 11 is 5.57. The molecule has 5 nitrogen and oxygen atoms in total. The SMILES string of the molecule is CS(=O)(=O)CCC(N)C(=O)Nc1ccc(Cl)cc1F. The number of anilines is 1. The molecule has 1 atom stereocenters. The number of nitrogens with one attached hydrogen (secondary N) is 1. The molecule has 19 heavy (non-hydrogen) atoms. The summed E-state index contributed by atoms with van der Waals surface area (Å²) in [6, 6.07) is 2.75. The van der Waals surface area contributed by atoms with Crippen LogP contribution in [-0.4, -0.2) is 32.4 Å². The van der Waals surface area contributed by atoms with Crippen molar-refractivity contribution in [3.05, 3.63) is 29.0 Å². The van der Waals surface area contributed by atoms with Crippen LogP contribution < -0.4 is 11.1 Å². The largest absolute Gasteiger partial charge is 0.322 e. The first-order chi connectivity index (χ1) is 8.69. The van der Waals surface area contributed by atoms with Gasteiger partial charge in [-0.3, -0.25) is 4.79 Å². The second-order valence-electron chi connectivity index (χ2n) is 4.14. The Labute approximate surface area is 115 Å². The van der Waals surface area contributed by atoms with Crippen molar-refractivity contribution < 1.29 is 17.6 Å². The van der Waals surface area contributed by atoms with Crippen LogP contribution in [0.25, 0.3) is 0 Å². The van der Waals surface area contributed by atoms with Gasteiger partial charge in [-0.25, -0.2) is 12.8 Å². The van der Waals surface area contributed by atoms with Crippen molar-refractivity contribution in [1.29, 1.82) is 0 Å². The molecule has 0 saturated heterocycles. The van der Waals surface area contributed by atoms with Crippen molar-refractivity contribution in [3.8, 4) is 0 Å². The lowest BCUT2D eigenvalue weighted by Gasteiger charge is -2.12. The lowest BCUT2D eigenvalue weighted by Crippen LogP contribution is -2.37. The predicted molar refractivity (Wildman–Crippen MR) is 72.3 cm³/mol. The van der Waals surface area contributed by atoms with E-state index < -0.39 is 27.6 Å². The van der Waals surface area contributed by atoms with Gasteiger partial charge >= 0.3 is 0 Å². The van der Waals surface area contributed by atoms with E-state index in [4.69, 9.17) is 17.3 Å². The molecule has 0 aromatic heterocycles. The Hall–Kier alpha value is -1.18. The van der Waals surface area contributed by atoms with Gasteiger partial charge in [-0.2, -0.15) is 0 Å². The van der Waals surface area contributed by atoms with Gasteiger partial charge in [-0.1, -0.05) is 11.6 Å². The van der Waals surface area contributed by atoms with Gasteiger partial charge in [0.15, 0.2) is 0 Å². The number of rotatable bonds is 5. The van der Waals surface area contributed by atoms with E-state index in [1.807, 2.05) is 0 Å².